The summed E-state index contributed by atoms with van der Waals surface area (Å²) in [7, 11) is 1.59. The van der Waals surface area contributed by atoms with Crippen molar-refractivity contribution in [2.75, 3.05) is 7.11 Å². The van der Waals surface area contributed by atoms with E-state index in [2.05, 4.69) is 46.1 Å². The van der Waals surface area contributed by atoms with Gasteiger partial charge in [-0.3, -0.25) is 0 Å². The lowest BCUT2D eigenvalue weighted by molar-refractivity contribution is 0.363. The maximum Gasteiger partial charge on any atom is 0.130 e. The fourth-order valence-electron chi connectivity index (χ4n) is 5.29. The largest absolute Gasteiger partial charge is 0.507 e. The fourth-order valence-corrected chi connectivity index (χ4v) is 5.29. The van der Waals surface area contributed by atoms with Gasteiger partial charge in [0.2, 0.25) is 0 Å². The summed E-state index contributed by atoms with van der Waals surface area (Å²) < 4.78 is 5.65. The number of hydrogen-bond donors (Lipinski definition) is 2. The maximum atomic E-state index is 11.6. The van der Waals surface area contributed by atoms with Crippen molar-refractivity contribution in [1.29, 1.82) is 0 Å². The molecule has 1 aromatic carbocycles. The van der Waals surface area contributed by atoms with Crippen LogP contribution in [0.3, 0.4) is 0 Å². The third-order valence-electron chi connectivity index (χ3n) is 6.97. The van der Waals surface area contributed by atoms with E-state index in [-0.39, 0.29) is 35.2 Å². The zero-order chi connectivity index (χ0) is 22.2. The average molecular weight is 409 g/mol. The van der Waals surface area contributed by atoms with Crippen molar-refractivity contribution in [2.24, 2.45) is 11.8 Å². The molecule has 3 heteroatoms. The van der Waals surface area contributed by atoms with Crippen molar-refractivity contribution in [1.82, 2.24) is 0 Å². The molecule has 0 spiro atoms. The van der Waals surface area contributed by atoms with Crippen LogP contribution >= 0.6 is 0 Å². The Labute approximate surface area is 181 Å². The minimum atomic E-state index is -0.0992. The lowest BCUT2D eigenvalue weighted by Gasteiger charge is -2.35. The number of hydrogen-bond acceptors (Lipinski definition) is 3. The third-order valence-corrected chi connectivity index (χ3v) is 6.97. The number of rotatable bonds is 5. The molecule has 0 amide bonds. The van der Waals surface area contributed by atoms with Crippen LogP contribution in [0.1, 0.15) is 76.3 Å². The molecular weight excluding hydrogens is 372 g/mol. The second kappa shape index (κ2) is 8.75. The summed E-state index contributed by atoms with van der Waals surface area (Å²) in [6.45, 7) is 16.8. The first-order chi connectivity index (χ1) is 14.1. The van der Waals surface area contributed by atoms with Crippen molar-refractivity contribution in [3.05, 3.63) is 64.8 Å². The lowest BCUT2D eigenvalue weighted by atomic mass is 9.70. The quantitative estimate of drug-likeness (QED) is 0.509. The Morgan fingerprint density at radius 3 is 1.80 bits per heavy atom. The van der Waals surface area contributed by atoms with E-state index < -0.39 is 0 Å². The van der Waals surface area contributed by atoms with Gasteiger partial charge in [0.1, 0.15) is 17.2 Å². The molecular formula is C27H36O3. The topological polar surface area (TPSA) is 49.7 Å². The Kier molecular flexibility index (Phi) is 6.50. The number of methoxy groups -OCH3 is 1. The minimum absolute atomic E-state index is 0.0255. The summed E-state index contributed by atoms with van der Waals surface area (Å²) in [4.78, 5) is 0. The van der Waals surface area contributed by atoms with E-state index in [1.165, 1.54) is 11.1 Å². The molecule has 4 atom stereocenters. The number of aromatic hydroxyl groups is 2. The van der Waals surface area contributed by atoms with E-state index in [0.29, 0.717) is 11.3 Å². The van der Waals surface area contributed by atoms with Crippen LogP contribution < -0.4 is 4.74 Å². The lowest BCUT2D eigenvalue weighted by Crippen LogP contribution is -2.20. The van der Waals surface area contributed by atoms with Gasteiger partial charge in [-0.25, -0.2) is 0 Å². The Balaban J connectivity index is 2.25. The van der Waals surface area contributed by atoms with E-state index in [1.807, 2.05) is 6.92 Å². The highest BCUT2D eigenvalue weighted by molar-refractivity contribution is 5.62. The van der Waals surface area contributed by atoms with E-state index in [9.17, 15) is 10.2 Å². The Bertz CT molecular complexity index is 919. The summed E-state index contributed by atoms with van der Waals surface area (Å²) in [6.07, 6.45) is 8.44. The zero-order valence-electron chi connectivity index (χ0n) is 19.1. The predicted molar refractivity (Wildman–Crippen MR) is 124 cm³/mol. The smallest absolute Gasteiger partial charge is 0.130 e. The van der Waals surface area contributed by atoms with Crippen molar-refractivity contribution in [3.8, 4) is 17.2 Å². The summed E-state index contributed by atoms with van der Waals surface area (Å²) in [5.74, 6) is 1.05. The first-order valence-electron chi connectivity index (χ1n) is 10.9. The number of phenols is 2. The fraction of sp³-hybridized carbons (Fsp3) is 0.481. The van der Waals surface area contributed by atoms with Crippen LogP contribution in [0.25, 0.3) is 0 Å². The number of phenolic OH excluding ortho intramolecular Hbond substituents is 2. The monoisotopic (exact) mass is 408 g/mol. The molecule has 1 aromatic rings. The normalized spacial score (nSPS) is 26.6. The van der Waals surface area contributed by atoms with E-state index in [4.69, 9.17) is 4.74 Å². The molecule has 0 fully saturated rings. The number of ether oxygens (including phenoxy) is 1. The average Bonchev–Trinajstić information content (AvgIpc) is 2.67. The standard InChI is InChI=1S/C27H36O3/c1-15(2)19-10-8-17(5)12-21(19)25-23(28)14-24(30-7)26(27(25)29)22-13-18(6)9-11-20(22)16(3)4/h12-14,19-22,28-29H,1,3,8-11H2,2,4-7H3/t19-,20+,21+,22-/m1/s1. The van der Waals surface area contributed by atoms with Crippen molar-refractivity contribution < 1.29 is 14.9 Å². The van der Waals surface area contributed by atoms with Crippen LogP contribution in [0, 0.1) is 11.8 Å². The molecule has 162 valence electrons. The Morgan fingerprint density at radius 1 is 0.900 bits per heavy atom. The molecule has 0 heterocycles. The van der Waals surface area contributed by atoms with Crippen LogP contribution in [-0.4, -0.2) is 17.3 Å². The summed E-state index contributed by atoms with van der Waals surface area (Å²) in [6, 6.07) is 1.67. The minimum Gasteiger partial charge on any atom is -0.507 e. The maximum absolute atomic E-state index is 11.6. The molecule has 0 saturated carbocycles. The summed E-state index contributed by atoms with van der Waals surface area (Å²) in [5.41, 5.74) is 6.12. The van der Waals surface area contributed by atoms with Gasteiger partial charge >= 0.3 is 0 Å². The molecule has 0 radical (unpaired) electrons. The first-order valence-corrected chi connectivity index (χ1v) is 10.9. The second-order valence-corrected chi connectivity index (χ2v) is 9.33. The van der Waals surface area contributed by atoms with Crippen molar-refractivity contribution in [2.45, 2.75) is 65.2 Å². The molecule has 0 aliphatic heterocycles. The molecule has 2 N–H and O–H groups in total. The predicted octanol–water partition coefficient (Wildman–Crippen LogP) is 7.14. The van der Waals surface area contributed by atoms with Gasteiger partial charge in [0.25, 0.3) is 0 Å². The van der Waals surface area contributed by atoms with E-state index in [0.717, 1.165) is 42.4 Å². The molecule has 2 aliphatic rings. The highest BCUT2D eigenvalue weighted by atomic mass is 16.5. The van der Waals surface area contributed by atoms with Gasteiger partial charge in [0.05, 0.1) is 7.11 Å². The van der Waals surface area contributed by atoms with Gasteiger partial charge in [-0.05, 0) is 65.2 Å². The zero-order valence-corrected chi connectivity index (χ0v) is 19.1. The highest BCUT2D eigenvalue weighted by Crippen LogP contribution is 2.53. The van der Waals surface area contributed by atoms with Gasteiger partial charge in [0.15, 0.2) is 0 Å². The van der Waals surface area contributed by atoms with E-state index in [1.54, 1.807) is 13.2 Å². The van der Waals surface area contributed by atoms with Gasteiger partial charge in [0, 0.05) is 29.0 Å². The molecule has 30 heavy (non-hydrogen) atoms. The molecule has 0 unspecified atom stereocenters. The van der Waals surface area contributed by atoms with Gasteiger partial charge in [-0.15, -0.1) is 0 Å². The molecule has 2 aliphatic carbocycles. The number of benzene rings is 1. The molecule has 3 rings (SSSR count). The van der Waals surface area contributed by atoms with Crippen molar-refractivity contribution in [3.63, 3.8) is 0 Å². The highest BCUT2D eigenvalue weighted by Gasteiger charge is 2.36. The van der Waals surface area contributed by atoms with Crippen LogP contribution in [0.2, 0.25) is 0 Å². The molecule has 0 bridgehead atoms. The van der Waals surface area contributed by atoms with Gasteiger partial charge in [-0.2, -0.15) is 0 Å². The van der Waals surface area contributed by atoms with Crippen molar-refractivity contribution >= 4 is 0 Å². The summed E-state index contributed by atoms with van der Waals surface area (Å²) >= 11 is 0. The number of allylic oxidation sites excluding steroid dienone is 6. The Hall–Kier alpha value is -2.42. The van der Waals surface area contributed by atoms with Crippen LogP contribution in [-0.2, 0) is 0 Å². The molecule has 3 nitrogen and oxygen atoms in total. The third kappa shape index (κ3) is 4.08. The first kappa shape index (κ1) is 22.3. The molecule has 0 aromatic heterocycles. The van der Waals surface area contributed by atoms with Crippen LogP contribution in [0.4, 0.5) is 0 Å². The van der Waals surface area contributed by atoms with Crippen LogP contribution in [0.15, 0.2) is 53.7 Å². The second-order valence-electron chi connectivity index (χ2n) is 9.33. The van der Waals surface area contributed by atoms with E-state index >= 15 is 0 Å². The molecule has 0 saturated heterocycles. The van der Waals surface area contributed by atoms with Gasteiger partial charge in [-0.1, -0.05) is 47.6 Å². The Morgan fingerprint density at radius 2 is 1.37 bits per heavy atom. The summed E-state index contributed by atoms with van der Waals surface area (Å²) in [5, 5.41) is 22.6. The van der Waals surface area contributed by atoms with Crippen LogP contribution in [0.5, 0.6) is 17.2 Å². The SMILES string of the molecule is C=C(C)[C@H]1CCC(C)=C[C@@H]1c1c(O)cc(OC)c([C@@H]2C=C(C)CC[C@H]2C(=C)C)c1O. The van der Waals surface area contributed by atoms with Gasteiger partial charge < -0.3 is 14.9 Å².